The molecule has 1 amide bonds. The summed E-state index contributed by atoms with van der Waals surface area (Å²) >= 11 is 0. The van der Waals surface area contributed by atoms with Gasteiger partial charge in [0.25, 0.3) is 0 Å². The minimum absolute atomic E-state index is 0. The van der Waals surface area contributed by atoms with Gasteiger partial charge in [0.1, 0.15) is 0 Å². The number of nitrogens with zero attached hydrogens (tertiary/aromatic N) is 1. The third kappa shape index (κ3) is 5.18. The number of benzene rings is 2. The van der Waals surface area contributed by atoms with Gasteiger partial charge in [0.15, 0.2) is 0 Å². The Morgan fingerprint density at radius 3 is 2.60 bits per heavy atom. The summed E-state index contributed by atoms with van der Waals surface area (Å²) in [5, 5.41) is 2.36. The van der Waals surface area contributed by atoms with Crippen molar-refractivity contribution in [1.29, 1.82) is 0 Å². The van der Waals surface area contributed by atoms with Crippen LogP contribution in [0.4, 0.5) is 0 Å². The summed E-state index contributed by atoms with van der Waals surface area (Å²) in [6, 6.07) is 14.4. The maximum atomic E-state index is 12.6. The second-order valence-electron chi connectivity index (χ2n) is 6.41. The number of piperidine rings is 1. The van der Waals surface area contributed by atoms with Gasteiger partial charge < -0.3 is 15.4 Å². The van der Waals surface area contributed by atoms with Crippen LogP contribution < -0.4 is 5.73 Å². The summed E-state index contributed by atoms with van der Waals surface area (Å²) in [5.74, 6) is 0.215. The van der Waals surface area contributed by atoms with Gasteiger partial charge in [-0.1, -0.05) is 42.5 Å². The largest absolute Gasteiger partial charge is 0.378 e. The van der Waals surface area contributed by atoms with E-state index in [9.17, 15) is 4.79 Å². The molecule has 0 unspecified atom stereocenters. The van der Waals surface area contributed by atoms with Crippen molar-refractivity contribution >= 4 is 29.1 Å². The van der Waals surface area contributed by atoms with Crippen molar-refractivity contribution in [3.63, 3.8) is 0 Å². The zero-order chi connectivity index (χ0) is 16.8. The Morgan fingerprint density at radius 1 is 1.12 bits per heavy atom. The van der Waals surface area contributed by atoms with Crippen LogP contribution in [0.3, 0.4) is 0 Å². The fourth-order valence-corrected chi connectivity index (χ4v) is 3.33. The second kappa shape index (κ2) is 9.76. The SMILES string of the molecule is Cl.NCCCOC1CCN(C(=O)Cc2cccc3ccccc23)CC1. The molecule has 4 nitrogen and oxygen atoms in total. The molecule has 3 rings (SSSR count). The lowest BCUT2D eigenvalue weighted by molar-refractivity contribution is -0.133. The van der Waals surface area contributed by atoms with E-state index >= 15 is 0 Å². The average Bonchev–Trinajstić information content (AvgIpc) is 2.63. The molecule has 0 saturated carbocycles. The predicted molar refractivity (Wildman–Crippen MR) is 104 cm³/mol. The van der Waals surface area contributed by atoms with Crippen LogP contribution in [-0.4, -0.2) is 43.2 Å². The third-order valence-electron chi connectivity index (χ3n) is 4.72. The van der Waals surface area contributed by atoms with Gasteiger partial charge in [-0.2, -0.15) is 0 Å². The monoisotopic (exact) mass is 362 g/mol. The van der Waals surface area contributed by atoms with Gasteiger partial charge >= 0.3 is 0 Å². The summed E-state index contributed by atoms with van der Waals surface area (Å²) in [6.45, 7) is 2.97. The minimum atomic E-state index is 0. The Hall–Kier alpha value is -1.62. The first-order valence-electron chi connectivity index (χ1n) is 8.84. The van der Waals surface area contributed by atoms with Crippen molar-refractivity contribution in [2.45, 2.75) is 31.8 Å². The molecule has 0 atom stereocenters. The molecular weight excluding hydrogens is 336 g/mol. The zero-order valence-corrected chi connectivity index (χ0v) is 15.3. The second-order valence-corrected chi connectivity index (χ2v) is 6.41. The highest BCUT2D eigenvalue weighted by Crippen LogP contribution is 2.21. The highest BCUT2D eigenvalue weighted by atomic mass is 35.5. The van der Waals surface area contributed by atoms with E-state index in [2.05, 4.69) is 24.3 Å². The van der Waals surface area contributed by atoms with E-state index < -0.39 is 0 Å². The lowest BCUT2D eigenvalue weighted by atomic mass is 10.0. The Balaban J connectivity index is 0.00000225. The van der Waals surface area contributed by atoms with Crippen LogP contribution in [-0.2, 0) is 16.0 Å². The smallest absolute Gasteiger partial charge is 0.227 e. The summed E-state index contributed by atoms with van der Waals surface area (Å²) in [5.41, 5.74) is 6.60. The van der Waals surface area contributed by atoms with Crippen molar-refractivity contribution in [3.8, 4) is 0 Å². The summed E-state index contributed by atoms with van der Waals surface area (Å²) < 4.78 is 5.81. The number of carbonyl (C=O) groups excluding carboxylic acids is 1. The average molecular weight is 363 g/mol. The number of nitrogens with two attached hydrogens (primary N) is 1. The fraction of sp³-hybridized carbons (Fsp3) is 0.450. The Morgan fingerprint density at radius 2 is 1.84 bits per heavy atom. The fourth-order valence-electron chi connectivity index (χ4n) is 3.33. The number of likely N-dealkylation sites (tertiary alicyclic amines) is 1. The molecule has 0 radical (unpaired) electrons. The molecule has 1 aliphatic heterocycles. The Bertz CT molecular complexity index is 679. The van der Waals surface area contributed by atoms with E-state index in [0.29, 0.717) is 13.0 Å². The quantitative estimate of drug-likeness (QED) is 0.803. The lowest BCUT2D eigenvalue weighted by Gasteiger charge is -2.32. The molecule has 5 heteroatoms. The first-order chi connectivity index (χ1) is 11.8. The van der Waals surface area contributed by atoms with Crippen LogP contribution in [0, 0.1) is 0 Å². The van der Waals surface area contributed by atoms with Gasteiger partial charge in [0, 0.05) is 19.7 Å². The van der Waals surface area contributed by atoms with Crippen molar-refractivity contribution < 1.29 is 9.53 Å². The molecule has 2 N–H and O–H groups in total. The number of fused-ring (bicyclic) bond motifs is 1. The van der Waals surface area contributed by atoms with Crippen LogP contribution in [0.1, 0.15) is 24.8 Å². The van der Waals surface area contributed by atoms with Crippen LogP contribution in [0.25, 0.3) is 10.8 Å². The minimum Gasteiger partial charge on any atom is -0.378 e. The number of hydrogen-bond acceptors (Lipinski definition) is 3. The molecule has 136 valence electrons. The highest BCUT2D eigenvalue weighted by molar-refractivity contribution is 5.90. The van der Waals surface area contributed by atoms with Gasteiger partial charge in [-0.15, -0.1) is 12.4 Å². The van der Waals surface area contributed by atoms with Gasteiger partial charge in [-0.3, -0.25) is 4.79 Å². The number of hydrogen-bond donors (Lipinski definition) is 1. The Kier molecular flexibility index (Phi) is 7.69. The third-order valence-corrected chi connectivity index (χ3v) is 4.72. The van der Waals surface area contributed by atoms with Crippen LogP contribution in [0.15, 0.2) is 42.5 Å². The van der Waals surface area contributed by atoms with E-state index in [1.54, 1.807) is 0 Å². The van der Waals surface area contributed by atoms with E-state index in [0.717, 1.165) is 44.5 Å². The zero-order valence-electron chi connectivity index (χ0n) is 14.5. The molecule has 1 heterocycles. The predicted octanol–water partition coefficient (Wildman–Crippen LogP) is 3.16. The van der Waals surface area contributed by atoms with Gasteiger partial charge in [0.05, 0.1) is 12.5 Å². The molecule has 2 aromatic rings. The molecule has 2 aromatic carbocycles. The maximum absolute atomic E-state index is 12.6. The van der Waals surface area contributed by atoms with Crippen molar-refractivity contribution in [2.75, 3.05) is 26.2 Å². The molecule has 25 heavy (non-hydrogen) atoms. The molecule has 0 spiro atoms. The number of halogens is 1. The van der Waals surface area contributed by atoms with E-state index in [1.807, 2.05) is 23.1 Å². The molecule has 0 bridgehead atoms. The number of ether oxygens (including phenoxy) is 1. The van der Waals surface area contributed by atoms with Gasteiger partial charge in [-0.05, 0) is 42.1 Å². The number of rotatable bonds is 6. The molecular formula is C20H27ClN2O2. The van der Waals surface area contributed by atoms with E-state index in [4.69, 9.17) is 10.5 Å². The lowest BCUT2D eigenvalue weighted by Crippen LogP contribution is -2.41. The molecule has 0 aliphatic carbocycles. The molecule has 1 fully saturated rings. The number of amides is 1. The summed E-state index contributed by atoms with van der Waals surface area (Å²) in [7, 11) is 0. The first kappa shape index (κ1) is 19.7. The molecule has 1 aliphatic rings. The van der Waals surface area contributed by atoms with Gasteiger partial charge in [0.2, 0.25) is 5.91 Å². The molecule has 0 aromatic heterocycles. The van der Waals surface area contributed by atoms with Crippen LogP contribution >= 0.6 is 12.4 Å². The van der Waals surface area contributed by atoms with Crippen LogP contribution in [0.5, 0.6) is 0 Å². The van der Waals surface area contributed by atoms with E-state index in [-0.39, 0.29) is 24.4 Å². The maximum Gasteiger partial charge on any atom is 0.227 e. The molecule has 1 saturated heterocycles. The topological polar surface area (TPSA) is 55.6 Å². The van der Waals surface area contributed by atoms with Crippen molar-refractivity contribution in [2.24, 2.45) is 5.73 Å². The Labute approximate surface area is 155 Å². The van der Waals surface area contributed by atoms with E-state index in [1.165, 1.54) is 10.8 Å². The summed E-state index contributed by atoms with van der Waals surface area (Å²) in [4.78, 5) is 14.6. The van der Waals surface area contributed by atoms with Crippen LogP contribution in [0.2, 0.25) is 0 Å². The number of carbonyl (C=O) groups is 1. The first-order valence-corrected chi connectivity index (χ1v) is 8.84. The van der Waals surface area contributed by atoms with Crippen molar-refractivity contribution in [3.05, 3.63) is 48.0 Å². The highest BCUT2D eigenvalue weighted by Gasteiger charge is 2.23. The standard InChI is InChI=1S/C20H26N2O2.ClH/c21-11-4-14-24-18-9-12-22(13-10-18)20(23)15-17-7-3-6-16-5-1-2-8-19(16)17;/h1-3,5-8,18H,4,9-15,21H2;1H. The van der Waals surface area contributed by atoms with Crippen molar-refractivity contribution in [1.82, 2.24) is 4.90 Å². The normalized spacial score (nSPS) is 15.2. The summed E-state index contributed by atoms with van der Waals surface area (Å²) in [6.07, 6.45) is 3.50. The van der Waals surface area contributed by atoms with Gasteiger partial charge in [-0.25, -0.2) is 0 Å².